The van der Waals surface area contributed by atoms with Crippen molar-refractivity contribution in [3.8, 4) is 0 Å². The number of carbonyl (C=O) groups excluding carboxylic acids is 2. The largest absolute Gasteiger partial charge is 0.281 e. The predicted octanol–water partition coefficient (Wildman–Crippen LogP) is 2.32. The lowest BCUT2D eigenvalue weighted by molar-refractivity contribution is -0.114. The fourth-order valence-electron chi connectivity index (χ4n) is 1.66. The molecule has 1 rings (SSSR count). The Morgan fingerprint density at radius 2 is 1.33 bits per heavy atom. The van der Waals surface area contributed by atoms with E-state index in [1.54, 1.807) is 0 Å². The minimum atomic E-state index is -0.282. The van der Waals surface area contributed by atoms with Crippen LogP contribution in [-0.2, 0) is 9.59 Å². The molecule has 0 aromatic rings. The van der Waals surface area contributed by atoms with Gasteiger partial charge < -0.3 is 0 Å². The Bertz CT molecular complexity index is 177. The number of halogens is 2. The van der Waals surface area contributed by atoms with Crippen LogP contribution in [0.5, 0.6) is 0 Å². The van der Waals surface area contributed by atoms with Gasteiger partial charge in [0.15, 0.2) is 0 Å². The molecule has 0 unspecified atom stereocenters. The first-order chi connectivity index (χ1) is 5.58. The van der Waals surface area contributed by atoms with E-state index in [1.807, 2.05) is 0 Å². The van der Waals surface area contributed by atoms with E-state index < -0.39 is 0 Å². The average molecular weight is 209 g/mol. The van der Waals surface area contributed by atoms with Gasteiger partial charge in [0.25, 0.3) is 0 Å². The molecular weight excluding hydrogens is 199 g/mol. The van der Waals surface area contributed by atoms with Crippen molar-refractivity contribution in [1.82, 2.24) is 0 Å². The zero-order valence-corrected chi connectivity index (χ0v) is 8.07. The Morgan fingerprint density at radius 1 is 1.00 bits per heavy atom. The van der Waals surface area contributed by atoms with Crippen LogP contribution in [0, 0.1) is 11.8 Å². The monoisotopic (exact) mass is 208 g/mol. The highest BCUT2D eigenvalue weighted by Crippen LogP contribution is 2.38. The maximum Gasteiger partial charge on any atom is 0.221 e. The molecule has 0 N–H and O–H groups in total. The van der Waals surface area contributed by atoms with Crippen LogP contribution in [0.4, 0.5) is 0 Å². The molecule has 0 bridgehead atoms. The number of rotatable bonds is 4. The maximum atomic E-state index is 10.4. The van der Waals surface area contributed by atoms with Crippen molar-refractivity contribution in [2.45, 2.75) is 25.7 Å². The quantitative estimate of drug-likeness (QED) is 0.665. The van der Waals surface area contributed by atoms with E-state index in [2.05, 4.69) is 0 Å². The normalized spacial score (nSPS) is 27.8. The molecule has 0 aromatic heterocycles. The van der Waals surface area contributed by atoms with Crippen molar-refractivity contribution in [2.75, 3.05) is 0 Å². The van der Waals surface area contributed by atoms with Gasteiger partial charge in [0.1, 0.15) is 0 Å². The first-order valence-electron chi connectivity index (χ1n) is 3.94. The van der Waals surface area contributed by atoms with Crippen molar-refractivity contribution < 1.29 is 9.59 Å². The van der Waals surface area contributed by atoms with Crippen molar-refractivity contribution in [3.05, 3.63) is 0 Å². The number of hydrogen-bond donors (Lipinski definition) is 0. The summed E-state index contributed by atoms with van der Waals surface area (Å²) in [7, 11) is 0. The molecule has 0 aliphatic heterocycles. The third kappa shape index (κ3) is 3.11. The lowest BCUT2D eigenvalue weighted by Crippen LogP contribution is -2.26. The summed E-state index contributed by atoms with van der Waals surface area (Å²) in [6.45, 7) is 0. The average Bonchev–Trinajstić information content (AvgIpc) is 1.80. The summed E-state index contributed by atoms with van der Waals surface area (Å²) in [5.74, 6) is 0.770. The smallest absolute Gasteiger partial charge is 0.221 e. The lowest BCUT2D eigenvalue weighted by atomic mass is 9.72. The van der Waals surface area contributed by atoms with Crippen molar-refractivity contribution >= 4 is 33.7 Å². The summed E-state index contributed by atoms with van der Waals surface area (Å²) in [5, 5.41) is -0.564. The SMILES string of the molecule is O=C(Cl)CC1CC(CC(=O)Cl)C1. The van der Waals surface area contributed by atoms with E-state index in [0.717, 1.165) is 12.8 Å². The maximum absolute atomic E-state index is 10.4. The van der Waals surface area contributed by atoms with Crippen LogP contribution in [0.25, 0.3) is 0 Å². The molecule has 0 radical (unpaired) electrons. The second-order valence-electron chi connectivity index (χ2n) is 3.32. The van der Waals surface area contributed by atoms with E-state index in [0.29, 0.717) is 24.7 Å². The highest BCUT2D eigenvalue weighted by molar-refractivity contribution is 6.63. The van der Waals surface area contributed by atoms with Gasteiger partial charge in [-0.25, -0.2) is 0 Å². The molecule has 4 heteroatoms. The van der Waals surface area contributed by atoms with Gasteiger partial charge >= 0.3 is 0 Å². The van der Waals surface area contributed by atoms with Gasteiger partial charge in [-0.2, -0.15) is 0 Å². The van der Waals surface area contributed by atoms with Crippen LogP contribution in [0.15, 0.2) is 0 Å². The molecule has 0 aromatic carbocycles. The number of hydrogen-bond acceptors (Lipinski definition) is 2. The zero-order valence-electron chi connectivity index (χ0n) is 6.56. The Hall–Kier alpha value is -0.0800. The van der Waals surface area contributed by atoms with Crippen LogP contribution >= 0.6 is 23.2 Å². The highest BCUT2D eigenvalue weighted by Gasteiger charge is 2.31. The first-order valence-corrected chi connectivity index (χ1v) is 4.70. The molecule has 0 atom stereocenters. The molecule has 0 saturated heterocycles. The van der Waals surface area contributed by atoms with Crippen molar-refractivity contribution in [3.63, 3.8) is 0 Å². The van der Waals surface area contributed by atoms with Crippen LogP contribution in [-0.4, -0.2) is 10.5 Å². The minimum absolute atomic E-state index is 0.282. The number of carbonyl (C=O) groups is 2. The van der Waals surface area contributed by atoms with Gasteiger partial charge in [0.05, 0.1) is 0 Å². The van der Waals surface area contributed by atoms with Gasteiger partial charge in [0.2, 0.25) is 10.5 Å². The molecule has 2 nitrogen and oxygen atoms in total. The fraction of sp³-hybridized carbons (Fsp3) is 0.750. The molecule has 1 aliphatic rings. The molecule has 0 heterocycles. The third-order valence-electron chi connectivity index (χ3n) is 2.23. The summed E-state index contributed by atoms with van der Waals surface area (Å²) in [6, 6.07) is 0. The van der Waals surface area contributed by atoms with Gasteiger partial charge in [-0.05, 0) is 47.9 Å². The Kier molecular flexibility index (Phi) is 3.53. The Balaban J connectivity index is 2.11. The summed E-state index contributed by atoms with van der Waals surface area (Å²) >= 11 is 10.4. The van der Waals surface area contributed by atoms with E-state index in [1.165, 1.54) is 0 Å². The lowest BCUT2D eigenvalue weighted by Gasteiger charge is -2.33. The van der Waals surface area contributed by atoms with Crippen LogP contribution in [0.2, 0.25) is 0 Å². The summed E-state index contributed by atoms with van der Waals surface area (Å²) in [6.07, 6.45) is 2.71. The van der Waals surface area contributed by atoms with Crippen LogP contribution in [0.3, 0.4) is 0 Å². The topological polar surface area (TPSA) is 34.1 Å². The van der Waals surface area contributed by atoms with Crippen molar-refractivity contribution in [1.29, 1.82) is 0 Å². The third-order valence-corrected chi connectivity index (χ3v) is 2.54. The van der Waals surface area contributed by atoms with E-state index in [9.17, 15) is 9.59 Å². The molecule has 68 valence electrons. The molecule has 1 fully saturated rings. The highest BCUT2D eigenvalue weighted by atomic mass is 35.5. The van der Waals surface area contributed by atoms with Gasteiger partial charge in [0, 0.05) is 12.8 Å². The molecule has 1 saturated carbocycles. The van der Waals surface area contributed by atoms with Gasteiger partial charge in [-0.3, -0.25) is 9.59 Å². The van der Waals surface area contributed by atoms with Crippen LogP contribution in [0.1, 0.15) is 25.7 Å². The van der Waals surface area contributed by atoms with Gasteiger partial charge in [-0.15, -0.1) is 0 Å². The first kappa shape index (κ1) is 10.0. The molecule has 0 amide bonds. The van der Waals surface area contributed by atoms with Gasteiger partial charge in [-0.1, -0.05) is 0 Å². The summed E-state index contributed by atoms with van der Waals surface area (Å²) in [5.41, 5.74) is 0. The fourth-order valence-corrected chi connectivity index (χ4v) is 2.10. The molecule has 1 aliphatic carbocycles. The zero-order chi connectivity index (χ0) is 9.14. The molecule has 0 spiro atoms. The van der Waals surface area contributed by atoms with E-state index >= 15 is 0 Å². The molecular formula is C8H10Cl2O2. The Morgan fingerprint density at radius 3 is 1.58 bits per heavy atom. The summed E-state index contributed by atoms with van der Waals surface area (Å²) in [4.78, 5) is 20.9. The Labute approximate surface area is 81.2 Å². The van der Waals surface area contributed by atoms with E-state index in [4.69, 9.17) is 23.2 Å². The van der Waals surface area contributed by atoms with E-state index in [-0.39, 0.29) is 10.5 Å². The standard InChI is InChI=1S/C8H10Cl2O2/c9-7(11)3-5-1-6(2-5)4-8(10)12/h5-6H,1-4H2. The van der Waals surface area contributed by atoms with Crippen molar-refractivity contribution in [2.24, 2.45) is 11.8 Å². The molecule has 12 heavy (non-hydrogen) atoms. The second-order valence-corrected chi connectivity index (χ2v) is 4.17. The second kappa shape index (κ2) is 4.24. The minimum Gasteiger partial charge on any atom is -0.281 e. The predicted molar refractivity (Wildman–Crippen MR) is 47.2 cm³/mol. The summed E-state index contributed by atoms with van der Waals surface area (Å²) < 4.78 is 0. The van der Waals surface area contributed by atoms with Crippen LogP contribution < -0.4 is 0 Å².